The Balaban J connectivity index is 2.49. The van der Waals surface area contributed by atoms with Gasteiger partial charge < -0.3 is 4.90 Å². The summed E-state index contributed by atoms with van der Waals surface area (Å²) >= 11 is 1.34. The van der Waals surface area contributed by atoms with E-state index in [4.69, 9.17) is 0 Å². The van der Waals surface area contributed by atoms with E-state index in [9.17, 15) is 9.59 Å². The lowest BCUT2D eigenvalue weighted by Crippen LogP contribution is -2.31. The van der Waals surface area contributed by atoms with E-state index in [1.54, 1.807) is 29.6 Å². The van der Waals surface area contributed by atoms with Crippen LogP contribution in [0.4, 0.5) is 0 Å². The van der Waals surface area contributed by atoms with Crippen molar-refractivity contribution in [2.24, 2.45) is 0 Å². The molecule has 0 N–H and O–H groups in total. The second kappa shape index (κ2) is 6.96. The lowest BCUT2D eigenvalue weighted by molar-refractivity contribution is -0.127. The third-order valence-corrected chi connectivity index (χ3v) is 4.42. The number of rotatable bonds is 5. The average Bonchev–Trinajstić information content (AvgIpc) is 2.50. The van der Waals surface area contributed by atoms with E-state index in [2.05, 4.69) is 4.98 Å². The monoisotopic (exact) mass is 319 g/mol. The van der Waals surface area contributed by atoms with Crippen molar-refractivity contribution in [2.45, 2.75) is 37.2 Å². The second-order valence-corrected chi connectivity index (χ2v) is 6.67. The molecule has 6 heteroatoms. The van der Waals surface area contributed by atoms with Gasteiger partial charge in [0.2, 0.25) is 5.91 Å². The van der Waals surface area contributed by atoms with Gasteiger partial charge in [-0.1, -0.05) is 30.8 Å². The Bertz CT molecular complexity index is 740. The first kappa shape index (κ1) is 16.5. The van der Waals surface area contributed by atoms with Crippen molar-refractivity contribution >= 4 is 28.6 Å². The summed E-state index contributed by atoms with van der Waals surface area (Å²) in [5.41, 5.74) is 0.631. The lowest BCUT2D eigenvalue weighted by atomic mass is 10.2. The number of fused-ring (bicyclic) bond motifs is 1. The first-order valence-corrected chi connectivity index (χ1v) is 8.21. The van der Waals surface area contributed by atoms with E-state index in [1.165, 1.54) is 11.8 Å². The highest BCUT2D eigenvalue weighted by Gasteiger charge is 2.20. The van der Waals surface area contributed by atoms with Gasteiger partial charge in [-0.2, -0.15) is 0 Å². The van der Waals surface area contributed by atoms with Crippen LogP contribution in [0.15, 0.2) is 34.2 Å². The second-order valence-electron chi connectivity index (χ2n) is 5.36. The summed E-state index contributed by atoms with van der Waals surface area (Å²) in [6.45, 7) is 4.46. The van der Waals surface area contributed by atoms with Crippen LogP contribution in [0.5, 0.6) is 0 Å². The van der Waals surface area contributed by atoms with Gasteiger partial charge in [-0.3, -0.25) is 14.2 Å². The van der Waals surface area contributed by atoms with Gasteiger partial charge in [-0.25, -0.2) is 4.98 Å². The highest BCUT2D eigenvalue weighted by molar-refractivity contribution is 8.00. The van der Waals surface area contributed by atoms with Gasteiger partial charge in [0.05, 0.1) is 16.2 Å². The minimum absolute atomic E-state index is 0.00968. The fraction of sp³-hybridized carbons (Fsp3) is 0.438. The van der Waals surface area contributed by atoms with Crippen molar-refractivity contribution < 1.29 is 4.79 Å². The van der Waals surface area contributed by atoms with Gasteiger partial charge in [0, 0.05) is 20.6 Å². The summed E-state index contributed by atoms with van der Waals surface area (Å²) in [6, 6.07) is 7.32. The Morgan fingerprint density at radius 2 is 2.05 bits per heavy atom. The first-order valence-electron chi connectivity index (χ1n) is 7.33. The molecule has 1 amide bonds. The minimum Gasteiger partial charge on any atom is -0.348 e. The fourth-order valence-corrected chi connectivity index (χ4v) is 3.31. The molecule has 1 aromatic carbocycles. The molecule has 0 fully saturated rings. The molecule has 22 heavy (non-hydrogen) atoms. The number of benzene rings is 1. The molecule has 1 aromatic heterocycles. The Kier molecular flexibility index (Phi) is 5.24. The molecule has 0 aliphatic carbocycles. The highest BCUT2D eigenvalue weighted by Crippen LogP contribution is 2.23. The minimum atomic E-state index is -0.286. The van der Waals surface area contributed by atoms with Gasteiger partial charge in [0.15, 0.2) is 5.16 Å². The quantitative estimate of drug-likeness (QED) is 0.627. The zero-order valence-electron chi connectivity index (χ0n) is 13.4. The Morgan fingerprint density at radius 1 is 1.36 bits per heavy atom. The largest absolute Gasteiger partial charge is 0.348 e. The maximum Gasteiger partial charge on any atom is 0.262 e. The van der Waals surface area contributed by atoms with Crippen molar-refractivity contribution in [3.05, 3.63) is 34.6 Å². The Hall–Kier alpha value is -1.82. The molecule has 1 atom stereocenters. The van der Waals surface area contributed by atoms with Crippen LogP contribution in [0.25, 0.3) is 10.9 Å². The first-order chi connectivity index (χ1) is 10.5. The molecule has 2 aromatic rings. The molecule has 0 unspecified atom stereocenters. The van der Waals surface area contributed by atoms with Crippen LogP contribution in [-0.4, -0.2) is 39.7 Å². The van der Waals surface area contributed by atoms with Gasteiger partial charge in [0.25, 0.3) is 5.56 Å². The number of thioether (sulfide) groups is 1. The summed E-state index contributed by atoms with van der Waals surface area (Å²) in [4.78, 5) is 30.8. The number of carbonyl (C=O) groups excluding carboxylic acids is 1. The number of nitrogens with zero attached hydrogens (tertiary/aromatic N) is 3. The molecule has 2 rings (SSSR count). The number of para-hydroxylation sites is 1. The topological polar surface area (TPSA) is 55.2 Å². The summed E-state index contributed by atoms with van der Waals surface area (Å²) < 4.78 is 1.67. The molecular formula is C16H21N3O2S. The fourth-order valence-electron chi connectivity index (χ4n) is 2.23. The van der Waals surface area contributed by atoms with Crippen molar-refractivity contribution in [1.82, 2.24) is 14.5 Å². The predicted octanol–water partition coefficient (Wildman–Crippen LogP) is 2.38. The van der Waals surface area contributed by atoms with Crippen molar-refractivity contribution in [1.29, 1.82) is 0 Å². The van der Waals surface area contributed by atoms with Crippen molar-refractivity contribution in [3.8, 4) is 0 Å². The summed E-state index contributed by atoms with van der Waals surface area (Å²) in [5, 5.41) is 0.936. The number of aromatic nitrogens is 2. The molecule has 0 aliphatic heterocycles. The number of hydrogen-bond donors (Lipinski definition) is 0. The molecule has 5 nitrogen and oxygen atoms in total. The van der Waals surface area contributed by atoms with Crippen LogP contribution in [0, 0.1) is 0 Å². The van der Waals surface area contributed by atoms with E-state index in [0.717, 1.165) is 6.42 Å². The van der Waals surface area contributed by atoms with E-state index in [1.807, 2.05) is 32.0 Å². The van der Waals surface area contributed by atoms with E-state index in [-0.39, 0.29) is 16.7 Å². The van der Waals surface area contributed by atoms with Crippen LogP contribution in [0.1, 0.15) is 20.3 Å². The van der Waals surface area contributed by atoms with Gasteiger partial charge >= 0.3 is 0 Å². The smallest absolute Gasteiger partial charge is 0.262 e. The zero-order chi connectivity index (χ0) is 16.3. The van der Waals surface area contributed by atoms with Crippen molar-refractivity contribution in [3.63, 3.8) is 0 Å². The SMILES string of the molecule is CCCn1c(S[C@@H](C)C(=O)N(C)C)nc2ccccc2c1=O. The zero-order valence-corrected chi connectivity index (χ0v) is 14.2. The van der Waals surface area contributed by atoms with Crippen LogP contribution in [0.2, 0.25) is 0 Å². The van der Waals surface area contributed by atoms with Crippen LogP contribution < -0.4 is 5.56 Å². The van der Waals surface area contributed by atoms with Gasteiger partial charge in [0.1, 0.15) is 0 Å². The lowest BCUT2D eigenvalue weighted by Gasteiger charge is -2.18. The normalized spacial score (nSPS) is 12.4. The van der Waals surface area contributed by atoms with E-state index in [0.29, 0.717) is 22.6 Å². The maximum absolute atomic E-state index is 12.6. The summed E-state index contributed by atoms with van der Waals surface area (Å²) in [5.74, 6) is 0.00968. The molecule has 118 valence electrons. The number of carbonyl (C=O) groups is 1. The molecule has 0 saturated heterocycles. The van der Waals surface area contributed by atoms with Crippen molar-refractivity contribution in [2.75, 3.05) is 14.1 Å². The Labute approximate surface area is 134 Å². The molecular weight excluding hydrogens is 298 g/mol. The van der Waals surface area contributed by atoms with Crippen LogP contribution >= 0.6 is 11.8 Å². The molecule has 0 radical (unpaired) electrons. The molecule has 1 heterocycles. The average molecular weight is 319 g/mol. The van der Waals surface area contributed by atoms with Gasteiger partial charge in [-0.15, -0.1) is 0 Å². The molecule has 0 bridgehead atoms. The molecule has 0 spiro atoms. The van der Waals surface area contributed by atoms with E-state index >= 15 is 0 Å². The summed E-state index contributed by atoms with van der Waals surface area (Å²) in [6.07, 6.45) is 0.837. The summed E-state index contributed by atoms with van der Waals surface area (Å²) in [7, 11) is 3.46. The van der Waals surface area contributed by atoms with E-state index < -0.39 is 0 Å². The standard InChI is InChI=1S/C16H21N3O2S/c1-5-10-19-15(21)12-8-6-7-9-13(12)17-16(19)22-11(2)14(20)18(3)4/h6-9,11H,5,10H2,1-4H3/t11-/m0/s1. The van der Waals surface area contributed by atoms with Crippen LogP contribution in [-0.2, 0) is 11.3 Å². The van der Waals surface area contributed by atoms with Crippen LogP contribution in [0.3, 0.4) is 0 Å². The highest BCUT2D eigenvalue weighted by atomic mass is 32.2. The predicted molar refractivity (Wildman–Crippen MR) is 90.3 cm³/mol. The number of amides is 1. The number of hydrogen-bond acceptors (Lipinski definition) is 4. The van der Waals surface area contributed by atoms with Gasteiger partial charge in [-0.05, 0) is 25.5 Å². The maximum atomic E-state index is 12.6. The third kappa shape index (κ3) is 3.32. The molecule has 0 aliphatic rings. The molecule has 0 saturated carbocycles. The third-order valence-electron chi connectivity index (χ3n) is 3.34. The Morgan fingerprint density at radius 3 is 2.68 bits per heavy atom.